The summed E-state index contributed by atoms with van der Waals surface area (Å²) in [7, 11) is 0. The van der Waals surface area contributed by atoms with Gasteiger partial charge < -0.3 is 24.6 Å². The van der Waals surface area contributed by atoms with E-state index in [1.807, 2.05) is 6.92 Å². The number of nitrogens with one attached hydrogen (secondary N) is 1. The molecule has 156 valence electrons. The van der Waals surface area contributed by atoms with Crippen LogP contribution in [0.15, 0.2) is 29.0 Å². The highest BCUT2D eigenvalue weighted by Crippen LogP contribution is 2.40. The molecule has 2 aliphatic heterocycles. The quantitative estimate of drug-likeness (QED) is 0.789. The summed E-state index contributed by atoms with van der Waals surface area (Å²) in [6, 6.07) is 2.90. The van der Waals surface area contributed by atoms with Crippen molar-refractivity contribution < 1.29 is 19.2 Å². The smallest absolute Gasteiger partial charge is 0.290 e. The van der Waals surface area contributed by atoms with Crippen molar-refractivity contribution in [1.82, 2.24) is 20.4 Å². The molecule has 2 aromatic heterocycles. The molecule has 9 nitrogen and oxygen atoms in total. The Morgan fingerprint density at radius 1 is 1.34 bits per heavy atom. The normalized spacial score (nSPS) is 26.4. The van der Waals surface area contributed by atoms with Crippen LogP contribution in [0, 0.1) is 0 Å². The first-order chi connectivity index (χ1) is 13.9. The van der Waals surface area contributed by atoms with E-state index in [9.17, 15) is 9.90 Å². The largest absolute Gasteiger partial charge is 0.388 e. The van der Waals surface area contributed by atoms with Crippen LogP contribution in [0.3, 0.4) is 0 Å². The van der Waals surface area contributed by atoms with Crippen molar-refractivity contribution in [3.8, 4) is 0 Å². The lowest BCUT2D eigenvalue weighted by Crippen LogP contribution is -2.64. The Morgan fingerprint density at radius 2 is 2.07 bits per heavy atom. The summed E-state index contributed by atoms with van der Waals surface area (Å²) in [5.41, 5.74) is -0.778. The minimum Gasteiger partial charge on any atom is -0.388 e. The van der Waals surface area contributed by atoms with Crippen molar-refractivity contribution in [3.63, 3.8) is 0 Å². The fourth-order valence-electron chi connectivity index (χ4n) is 4.17. The summed E-state index contributed by atoms with van der Waals surface area (Å²) in [6.45, 7) is 5.46. The van der Waals surface area contributed by atoms with Gasteiger partial charge in [0.1, 0.15) is 0 Å². The second-order valence-corrected chi connectivity index (χ2v) is 8.13. The third-order valence-corrected chi connectivity index (χ3v) is 5.95. The third kappa shape index (κ3) is 4.11. The van der Waals surface area contributed by atoms with Crippen LogP contribution in [0.5, 0.6) is 0 Å². The lowest BCUT2D eigenvalue weighted by Gasteiger charge is -2.51. The third-order valence-electron chi connectivity index (χ3n) is 5.95. The monoisotopic (exact) mass is 401 g/mol. The molecule has 2 fully saturated rings. The molecule has 0 aromatic carbocycles. The molecule has 0 saturated carbocycles. The maximum atomic E-state index is 12.5. The molecular formula is C20H27N5O4. The van der Waals surface area contributed by atoms with Crippen LogP contribution in [0.25, 0.3) is 0 Å². The summed E-state index contributed by atoms with van der Waals surface area (Å²) < 4.78 is 11.3. The molecule has 0 radical (unpaired) electrons. The number of hydrogen-bond acceptors (Lipinski definition) is 8. The second-order valence-electron chi connectivity index (χ2n) is 8.13. The Morgan fingerprint density at radius 3 is 2.69 bits per heavy atom. The molecule has 2 N–H and O–H groups in total. The molecule has 2 saturated heterocycles. The Balaban J connectivity index is 1.37. The van der Waals surface area contributed by atoms with E-state index >= 15 is 0 Å². The van der Waals surface area contributed by atoms with Gasteiger partial charge in [0, 0.05) is 38.0 Å². The summed E-state index contributed by atoms with van der Waals surface area (Å²) >= 11 is 0. The van der Waals surface area contributed by atoms with Gasteiger partial charge in [-0.05, 0) is 32.3 Å². The van der Waals surface area contributed by atoms with E-state index in [0.717, 1.165) is 31.6 Å². The van der Waals surface area contributed by atoms with E-state index < -0.39 is 23.2 Å². The van der Waals surface area contributed by atoms with Gasteiger partial charge in [0.2, 0.25) is 11.7 Å². The van der Waals surface area contributed by atoms with Crippen LogP contribution < -0.4 is 10.2 Å². The molecule has 2 aromatic rings. The number of piperidine rings is 1. The van der Waals surface area contributed by atoms with E-state index in [-0.39, 0.29) is 12.4 Å². The van der Waals surface area contributed by atoms with Crippen molar-refractivity contribution in [1.29, 1.82) is 0 Å². The van der Waals surface area contributed by atoms with Crippen molar-refractivity contribution in [2.24, 2.45) is 0 Å². The van der Waals surface area contributed by atoms with E-state index in [0.29, 0.717) is 18.8 Å². The predicted molar refractivity (Wildman–Crippen MR) is 105 cm³/mol. The second kappa shape index (κ2) is 7.72. The zero-order valence-corrected chi connectivity index (χ0v) is 16.8. The van der Waals surface area contributed by atoms with Gasteiger partial charge in [-0.25, -0.2) is 9.97 Å². The number of nitrogens with zero attached hydrogens (tertiary/aromatic N) is 4. The highest BCUT2D eigenvalue weighted by molar-refractivity contribution is 5.91. The van der Waals surface area contributed by atoms with Gasteiger partial charge in [0.25, 0.3) is 5.91 Å². The molecule has 29 heavy (non-hydrogen) atoms. The minimum absolute atomic E-state index is 0.147. The summed E-state index contributed by atoms with van der Waals surface area (Å²) in [6.07, 6.45) is 6.15. The van der Waals surface area contributed by atoms with E-state index in [1.165, 1.54) is 0 Å². The van der Waals surface area contributed by atoms with Gasteiger partial charge >= 0.3 is 0 Å². The van der Waals surface area contributed by atoms with Crippen molar-refractivity contribution in [2.75, 3.05) is 24.6 Å². The molecule has 2 atom stereocenters. The van der Waals surface area contributed by atoms with Crippen LogP contribution in [0.1, 0.15) is 49.4 Å². The minimum atomic E-state index is -1.09. The van der Waals surface area contributed by atoms with Gasteiger partial charge in [-0.1, -0.05) is 12.1 Å². The molecular weight excluding hydrogens is 374 g/mol. The number of aliphatic hydroxyl groups is 1. The van der Waals surface area contributed by atoms with Crippen molar-refractivity contribution in [2.45, 2.75) is 56.8 Å². The van der Waals surface area contributed by atoms with E-state index in [1.54, 1.807) is 31.5 Å². The Hall–Kier alpha value is -2.52. The number of ether oxygens (including phenoxy) is 1. The standard InChI is InChI=1S/C20H27N5O4/c1-3-14-11-15(29-24-14)17(26)23-16-12-28-20(13-19(16,2)27)5-9-25(10-6-20)18-21-7-4-8-22-18/h4,7-8,11,16,27H,3,5-6,9-10,12-13H2,1-2H3,(H,23,26)/t16-,19-/m0/s1. The van der Waals surface area contributed by atoms with Gasteiger partial charge in [0.05, 0.1) is 29.5 Å². The summed E-state index contributed by atoms with van der Waals surface area (Å²) in [4.78, 5) is 23.2. The summed E-state index contributed by atoms with van der Waals surface area (Å²) in [5.74, 6) is 0.473. The number of carbonyl (C=O) groups excluding carboxylic acids is 1. The molecule has 4 rings (SSSR count). The van der Waals surface area contributed by atoms with E-state index in [4.69, 9.17) is 9.26 Å². The number of carbonyl (C=O) groups is 1. The molecule has 2 aliphatic rings. The Labute approximate surface area is 169 Å². The first-order valence-electron chi connectivity index (χ1n) is 10.1. The zero-order chi connectivity index (χ0) is 20.5. The molecule has 0 bridgehead atoms. The molecule has 4 heterocycles. The van der Waals surface area contributed by atoms with Crippen molar-refractivity contribution >= 4 is 11.9 Å². The number of amides is 1. The Kier molecular flexibility index (Phi) is 5.26. The maximum Gasteiger partial charge on any atom is 0.290 e. The maximum absolute atomic E-state index is 12.5. The highest BCUT2D eigenvalue weighted by atomic mass is 16.5. The fraction of sp³-hybridized carbons (Fsp3) is 0.600. The number of anilines is 1. The highest BCUT2D eigenvalue weighted by Gasteiger charge is 2.49. The zero-order valence-electron chi connectivity index (χ0n) is 16.8. The molecule has 1 amide bonds. The number of aromatic nitrogens is 3. The average Bonchev–Trinajstić information content (AvgIpc) is 3.20. The van der Waals surface area contributed by atoms with Crippen LogP contribution in [0.4, 0.5) is 5.95 Å². The number of hydrogen-bond donors (Lipinski definition) is 2. The first-order valence-corrected chi connectivity index (χ1v) is 10.1. The van der Waals surface area contributed by atoms with Gasteiger partial charge in [0.15, 0.2) is 0 Å². The van der Waals surface area contributed by atoms with Crippen molar-refractivity contribution in [3.05, 3.63) is 36.0 Å². The number of rotatable bonds is 4. The number of aryl methyl sites for hydroxylation is 1. The molecule has 9 heteroatoms. The van der Waals surface area contributed by atoms with Crippen LogP contribution in [-0.4, -0.2) is 63.1 Å². The lowest BCUT2D eigenvalue weighted by molar-refractivity contribution is -0.176. The lowest BCUT2D eigenvalue weighted by atomic mass is 9.75. The SMILES string of the molecule is CCc1cc(C(=O)N[C@H]2COC3(CCN(c4ncccn4)CC3)C[C@]2(C)O)on1. The van der Waals surface area contributed by atoms with Crippen LogP contribution in [0.2, 0.25) is 0 Å². The van der Waals surface area contributed by atoms with Crippen LogP contribution >= 0.6 is 0 Å². The molecule has 0 unspecified atom stereocenters. The fourth-order valence-corrected chi connectivity index (χ4v) is 4.17. The molecule has 0 aliphatic carbocycles. The first kappa shape index (κ1) is 19.8. The average molecular weight is 401 g/mol. The topological polar surface area (TPSA) is 114 Å². The van der Waals surface area contributed by atoms with Gasteiger partial charge in [-0.2, -0.15) is 0 Å². The van der Waals surface area contributed by atoms with Gasteiger partial charge in [-0.3, -0.25) is 4.79 Å². The van der Waals surface area contributed by atoms with Crippen LogP contribution in [-0.2, 0) is 11.2 Å². The summed E-state index contributed by atoms with van der Waals surface area (Å²) in [5, 5.41) is 17.8. The van der Waals surface area contributed by atoms with Gasteiger partial charge in [-0.15, -0.1) is 0 Å². The molecule has 1 spiro atoms. The Bertz CT molecular complexity index is 846. The van der Waals surface area contributed by atoms with E-state index in [2.05, 4.69) is 25.3 Å². The predicted octanol–water partition coefficient (Wildman–Crippen LogP) is 1.34.